The van der Waals surface area contributed by atoms with Crippen LogP contribution in [0.15, 0.2) is 54.6 Å². The predicted molar refractivity (Wildman–Crippen MR) is 149 cm³/mol. The number of urea groups is 1. The summed E-state index contributed by atoms with van der Waals surface area (Å²) < 4.78 is 5.38. The highest BCUT2D eigenvalue weighted by Gasteiger charge is 2.34. The molecule has 10 nitrogen and oxygen atoms in total. The number of nitrogens with zero attached hydrogens (tertiary/aromatic N) is 4. The number of likely N-dealkylation sites (tertiary alicyclic amines) is 1. The Morgan fingerprint density at radius 3 is 2.56 bits per heavy atom. The minimum Gasteiger partial charge on any atom is -0.444 e. The normalized spacial score (nSPS) is 18.1. The van der Waals surface area contributed by atoms with Crippen molar-refractivity contribution in [3.8, 4) is 0 Å². The van der Waals surface area contributed by atoms with Crippen LogP contribution in [-0.4, -0.2) is 71.6 Å². The Balaban J connectivity index is 1.18. The van der Waals surface area contributed by atoms with E-state index in [1.807, 2.05) is 48.5 Å². The molecule has 2 aliphatic heterocycles. The number of halogens is 1. The molecule has 1 aromatic heterocycles. The van der Waals surface area contributed by atoms with Gasteiger partial charge in [-0.1, -0.05) is 41.9 Å². The molecule has 39 heavy (non-hydrogen) atoms. The Morgan fingerprint density at radius 2 is 1.79 bits per heavy atom. The summed E-state index contributed by atoms with van der Waals surface area (Å²) in [6.07, 6.45) is 1.15. The fourth-order valence-electron chi connectivity index (χ4n) is 5.01. The van der Waals surface area contributed by atoms with E-state index in [4.69, 9.17) is 22.1 Å². The van der Waals surface area contributed by atoms with Crippen LogP contribution in [0, 0.1) is 0 Å². The first-order chi connectivity index (χ1) is 18.9. The number of carbonyl (C=O) groups excluding carboxylic acids is 3. The third-order valence-electron chi connectivity index (χ3n) is 7.09. The van der Waals surface area contributed by atoms with E-state index in [0.29, 0.717) is 56.3 Å². The zero-order valence-corrected chi connectivity index (χ0v) is 22.3. The average molecular weight is 551 g/mol. The van der Waals surface area contributed by atoms with Crippen LogP contribution in [0.3, 0.4) is 0 Å². The van der Waals surface area contributed by atoms with Crippen LogP contribution in [-0.2, 0) is 16.1 Å². The zero-order chi connectivity index (χ0) is 27.4. The standard InChI is InChI=1S/C28H31ClN6O4/c29-20-9-10-21-23(16-20)31-25(30)17-24(21)33-12-14-34(15-13-33)27(37)32-22-8-4-5-11-35(26(22)36)28(38)39-18-19-6-2-1-3-7-19/h1-3,6-7,9-10,16-17,22H,4-5,8,11-15,18H2,(H2,30,31)(H,32,37)/t22-/m0/s1. The van der Waals surface area contributed by atoms with Gasteiger partial charge in [-0.05, 0) is 43.0 Å². The molecule has 0 radical (unpaired) electrons. The molecule has 3 aromatic rings. The van der Waals surface area contributed by atoms with Crippen molar-refractivity contribution >= 4 is 52.0 Å². The molecule has 2 saturated heterocycles. The van der Waals surface area contributed by atoms with E-state index in [1.165, 1.54) is 0 Å². The number of nitrogens with two attached hydrogens (primary N) is 1. The molecule has 0 bridgehead atoms. The zero-order valence-electron chi connectivity index (χ0n) is 21.5. The lowest BCUT2D eigenvalue weighted by atomic mass is 10.1. The molecule has 1 atom stereocenters. The van der Waals surface area contributed by atoms with Crippen LogP contribution in [0.5, 0.6) is 0 Å². The highest BCUT2D eigenvalue weighted by atomic mass is 35.5. The van der Waals surface area contributed by atoms with Crippen LogP contribution in [0.1, 0.15) is 24.8 Å². The van der Waals surface area contributed by atoms with E-state index in [0.717, 1.165) is 27.1 Å². The lowest BCUT2D eigenvalue weighted by Crippen LogP contribution is -2.56. The third kappa shape index (κ3) is 6.17. The van der Waals surface area contributed by atoms with Gasteiger partial charge in [-0.25, -0.2) is 19.5 Å². The first-order valence-corrected chi connectivity index (χ1v) is 13.4. The highest BCUT2D eigenvalue weighted by Crippen LogP contribution is 2.30. The van der Waals surface area contributed by atoms with E-state index in [1.54, 1.807) is 11.0 Å². The number of imide groups is 1. The van der Waals surface area contributed by atoms with Gasteiger partial charge in [0.2, 0.25) is 0 Å². The van der Waals surface area contributed by atoms with Crippen LogP contribution < -0.4 is 16.0 Å². The van der Waals surface area contributed by atoms with Crippen molar-refractivity contribution in [2.45, 2.75) is 31.9 Å². The molecule has 3 heterocycles. The Labute approximate surface area is 231 Å². The summed E-state index contributed by atoms with van der Waals surface area (Å²) in [4.78, 5) is 48.4. The van der Waals surface area contributed by atoms with Crippen molar-refractivity contribution in [2.24, 2.45) is 0 Å². The molecule has 0 aliphatic carbocycles. The number of aromatic nitrogens is 1. The lowest BCUT2D eigenvalue weighted by Gasteiger charge is -2.37. The van der Waals surface area contributed by atoms with E-state index < -0.39 is 18.0 Å². The van der Waals surface area contributed by atoms with Gasteiger partial charge in [0.15, 0.2) is 0 Å². The molecule has 2 aromatic carbocycles. The Hall–Kier alpha value is -4.05. The number of benzene rings is 2. The van der Waals surface area contributed by atoms with Crippen molar-refractivity contribution in [3.63, 3.8) is 0 Å². The molecular formula is C28H31ClN6O4. The maximum absolute atomic E-state index is 13.2. The van der Waals surface area contributed by atoms with Gasteiger partial charge in [0.1, 0.15) is 18.5 Å². The van der Waals surface area contributed by atoms with Crippen molar-refractivity contribution in [1.82, 2.24) is 20.1 Å². The van der Waals surface area contributed by atoms with Gasteiger partial charge >= 0.3 is 12.1 Å². The Bertz CT molecular complexity index is 1360. The first kappa shape index (κ1) is 26.6. The minimum atomic E-state index is -0.781. The summed E-state index contributed by atoms with van der Waals surface area (Å²) >= 11 is 6.13. The van der Waals surface area contributed by atoms with Gasteiger partial charge in [0.25, 0.3) is 5.91 Å². The summed E-state index contributed by atoms with van der Waals surface area (Å²) in [6.45, 7) is 2.46. The molecule has 5 rings (SSSR count). The molecule has 2 fully saturated rings. The monoisotopic (exact) mass is 550 g/mol. The fraction of sp³-hybridized carbons (Fsp3) is 0.357. The Morgan fingerprint density at radius 1 is 1.03 bits per heavy atom. The second kappa shape index (κ2) is 11.8. The summed E-state index contributed by atoms with van der Waals surface area (Å²) in [5, 5.41) is 4.39. The number of rotatable bonds is 4. The van der Waals surface area contributed by atoms with E-state index in [2.05, 4.69) is 15.2 Å². The summed E-state index contributed by atoms with van der Waals surface area (Å²) in [7, 11) is 0. The van der Waals surface area contributed by atoms with Crippen LogP contribution in [0.4, 0.5) is 21.1 Å². The van der Waals surface area contributed by atoms with Gasteiger partial charge in [-0.3, -0.25) is 4.79 Å². The van der Waals surface area contributed by atoms with Crippen molar-refractivity contribution in [3.05, 3.63) is 65.2 Å². The number of carbonyl (C=O) groups is 3. The number of nitrogens with one attached hydrogen (secondary N) is 1. The van der Waals surface area contributed by atoms with Crippen molar-refractivity contribution in [1.29, 1.82) is 0 Å². The summed E-state index contributed by atoms with van der Waals surface area (Å²) in [5.41, 5.74) is 8.54. The third-order valence-corrected chi connectivity index (χ3v) is 7.32. The van der Waals surface area contributed by atoms with E-state index in [-0.39, 0.29) is 19.2 Å². The quantitative estimate of drug-likeness (QED) is 0.503. The molecule has 0 saturated carbocycles. The molecule has 0 unspecified atom stereocenters. The summed E-state index contributed by atoms with van der Waals surface area (Å²) in [5.74, 6) is -0.0337. The first-order valence-electron chi connectivity index (χ1n) is 13.1. The average Bonchev–Trinajstić information content (AvgIpc) is 3.12. The van der Waals surface area contributed by atoms with Gasteiger partial charge in [-0.2, -0.15) is 0 Å². The topological polar surface area (TPSA) is 121 Å². The molecule has 11 heteroatoms. The number of pyridine rings is 1. The molecule has 4 amide bonds. The second-order valence-corrected chi connectivity index (χ2v) is 10.2. The number of piperazine rings is 1. The maximum Gasteiger partial charge on any atom is 0.416 e. The van der Waals surface area contributed by atoms with Crippen LogP contribution in [0.25, 0.3) is 10.9 Å². The van der Waals surface area contributed by atoms with Crippen molar-refractivity contribution in [2.75, 3.05) is 43.4 Å². The fourth-order valence-corrected chi connectivity index (χ4v) is 5.17. The van der Waals surface area contributed by atoms with Gasteiger partial charge in [-0.15, -0.1) is 0 Å². The molecule has 2 aliphatic rings. The number of ether oxygens (including phenoxy) is 1. The SMILES string of the molecule is Nc1cc(N2CCN(C(=O)N[C@H]3CCCCN(C(=O)OCc4ccccc4)C3=O)CC2)c2ccc(Cl)cc2n1. The smallest absolute Gasteiger partial charge is 0.416 e. The number of anilines is 2. The molecule has 0 spiro atoms. The predicted octanol–water partition coefficient (Wildman–Crippen LogP) is 4.02. The maximum atomic E-state index is 13.2. The van der Waals surface area contributed by atoms with Crippen LogP contribution >= 0.6 is 11.6 Å². The number of hydrogen-bond donors (Lipinski definition) is 2. The largest absolute Gasteiger partial charge is 0.444 e. The van der Waals surface area contributed by atoms with Crippen molar-refractivity contribution < 1.29 is 19.1 Å². The molecule has 204 valence electrons. The van der Waals surface area contributed by atoms with Crippen LogP contribution in [0.2, 0.25) is 5.02 Å². The van der Waals surface area contributed by atoms with E-state index in [9.17, 15) is 14.4 Å². The number of hydrogen-bond acceptors (Lipinski definition) is 7. The number of amides is 4. The lowest BCUT2D eigenvalue weighted by molar-refractivity contribution is -0.131. The molecular weight excluding hydrogens is 520 g/mol. The van der Waals surface area contributed by atoms with Gasteiger partial charge < -0.3 is 25.6 Å². The van der Waals surface area contributed by atoms with Gasteiger partial charge in [0, 0.05) is 54.9 Å². The summed E-state index contributed by atoms with van der Waals surface area (Å²) in [6, 6.07) is 15.6. The van der Waals surface area contributed by atoms with Gasteiger partial charge in [0.05, 0.1) is 5.52 Å². The van der Waals surface area contributed by atoms with E-state index >= 15 is 0 Å². The molecule has 3 N–H and O–H groups in total. The minimum absolute atomic E-state index is 0.0796. The second-order valence-electron chi connectivity index (χ2n) is 9.73. The Kier molecular flexibility index (Phi) is 8.02. The highest BCUT2D eigenvalue weighted by molar-refractivity contribution is 6.31. The number of fused-ring (bicyclic) bond motifs is 1. The number of nitrogen functional groups attached to an aromatic ring is 1.